The van der Waals surface area contributed by atoms with Crippen molar-refractivity contribution in [1.82, 2.24) is 0 Å². The molecule has 3 nitrogen and oxygen atoms in total. The van der Waals surface area contributed by atoms with Gasteiger partial charge in [-0.3, -0.25) is 4.99 Å². The summed E-state index contributed by atoms with van der Waals surface area (Å²) < 4.78 is 21.7. The Morgan fingerprint density at radius 3 is 2.90 bits per heavy atom. The molecule has 1 aliphatic rings. The Labute approximate surface area is 59.7 Å². The molecule has 1 heterocycles. The van der Waals surface area contributed by atoms with Gasteiger partial charge < -0.3 is 0 Å². The van der Waals surface area contributed by atoms with Crippen LogP contribution in [0.2, 0.25) is 0 Å². The van der Waals surface area contributed by atoms with Crippen LogP contribution >= 0.6 is 0 Å². The Morgan fingerprint density at radius 2 is 2.20 bits per heavy atom. The average Bonchev–Trinajstić information content (AvgIpc) is 1.90. The molecule has 0 saturated heterocycles. The molecule has 4 heteroatoms. The predicted octanol–water partition coefficient (Wildman–Crippen LogP) is 0.861. The lowest BCUT2D eigenvalue weighted by molar-refractivity contribution is 0.612. The first-order valence-corrected chi connectivity index (χ1v) is 4.34. The van der Waals surface area contributed by atoms with Gasteiger partial charge in [0.15, 0.2) is 9.84 Å². The molecule has 0 N–H and O–H groups in total. The molecule has 0 aliphatic carbocycles. The summed E-state index contributed by atoms with van der Waals surface area (Å²) in [5, 5.41) is 2.25. The van der Waals surface area contributed by atoms with E-state index in [4.69, 9.17) is 0 Å². The van der Waals surface area contributed by atoms with Gasteiger partial charge in [0.1, 0.15) is 0 Å². The molecule has 0 spiro atoms. The molecule has 0 aromatic heterocycles. The Kier molecular flexibility index (Phi) is 1.72. The maximum absolute atomic E-state index is 10.8. The van der Waals surface area contributed by atoms with E-state index >= 15 is 0 Å². The summed E-state index contributed by atoms with van der Waals surface area (Å²) in [4.78, 5) is 3.69. The van der Waals surface area contributed by atoms with Crippen LogP contribution in [0, 0.1) is 0 Å². The number of rotatable bonds is 0. The molecule has 0 bridgehead atoms. The zero-order chi connectivity index (χ0) is 7.61. The molecule has 0 atom stereocenters. The van der Waals surface area contributed by atoms with Gasteiger partial charge in [-0.1, -0.05) is 0 Å². The average molecular weight is 157 g/mol. The fourth-order valence-electron chi connectivity index (χ4n) is 0.609. The van der Waals surface area contributed by atoms with Crippen LogP contribution in [0.15, 0.2) is 27.6 Å². The molecule has 10 heavy (non-hydrogen) atoms. The number of hydrogen-bond donors (Lipinski definition) is 0. The normalized spacial score (nSPS) is 21.9. The highest BCUT2D eigenvalue weighted by atomic mass is 32.2. The fourth-order valence-corrected chi connectivity index (χ4v) is 1.51. The monoisotopic (exact) mass is 157 g/mol. The zero-order valence-corrected chi connectivity index (χ0v) is 6.30. The second kappa shape index (κ2) is 2.38. The third-order valence-electron chi connectivity index (χ3n) is 0.965. The highest BCUT2D eigenvalue weighted by Gasteiger charge is 2.02. The maximum atomic E-state index is 10.8. The topological polar surface area (TPSA) is 46.5 Å². The molecule has 1 rings (SSSR count). The van der Waals surface area contributed by atoms with Crippen molar-refractivity contribution in [3.05, 3.63) is 22.6 Å². The van der Waals surface area contributed by atoms with Gasteiger partial charge in [-0.05, 0) is 12.5 Å². The van der Waals surface area contributed by atoms with Gasteiger partial charge in [0.05, 0.1) is 5.41 Å². The highest BCUT2D eigenvalue weighted by molar-refractivity contribution is 7.97. The van der Waals surface area contributed by atoms with Gasteiger partial charge >= 0.3 is 0 Å². The first-order chi connectivity index (χ1) is 4.60. The van der Waals surface area contributed by atoms with Crippen molar-refractivity contribution in [3.8, 4) is 0 Å². The second-order valence-corrected chi connectivity index (χ2v) is 3.70. The number of sulfone groups is 1. The van der Waals surface area contributed by atoms with Crippen LogP contribution in [-0.2, 0) is 9.84 Å². The SMILES string of the molecule is CC1=CS(=O)(=O)C=CN=C1. The van der Waals surface area contributed by atoms with Crippen LogP contribution in [0.25, 0.3) is 0 Å². The van der Waals surface area contributed by atoms with Crippen LogP contribution in [-0.4, -0.2) is 14.6 Å². The molecule has 54 valence electrons. The summed E-state index contributed by atoms with van der Waals surface area (Å²) >= 11 is 0. The number of hydrogen-bond acceptors (Lipinski definition) is 3. The summed E-state index contributed by atoms with van der Waals surface area (Å²) in [7, 11) is -3.14. The first kappa shape index (κ1) is 7.21. The minimum atomic E-state index is -3.14. The van der Waals surface area contributed by atoms with Gasteiger partial charge in [-0.25, -0.2) is 8.42 Å². The standard InChI is InChI=1S/C6H7NO2S/c1-6-4-7-2-3-10(8,9)5-6/h2-5H,1H3. The van der Waals surface area contributed by atoms with E-state index in [1.165, 1.54) is 17.8 Å². The van der Waals surface area contributed by atoms with Gasteiger partial charge in [-0.15, -0.1) is 0 Å². The first-order valence-electron chi connectivity index (χ1n) is 2.73. The van der Waals surface area contributed by atoms with Gasteiger partial charge in [0.2, 0.25) is 0 Å². The molecular formula is C6H7NO2S. The zero-order valence-electron chi connectivity index (χ0n) is 5.48. The van der Waals surface area contributed by atoms with Crippen LogP contribution in [0.3, 0.4) is 0 Å². The van der Waals surface area contributed by atoms with Crippen molar-refractivity contribution >= 4 is 16.1 Å². The van der Waals surface area contributed by atoms with Crippen molar-refractivity contribution in [2.75, 3.05) is 0 Å². The lowest BCUT2D eigenvalue weighted by Gasteiger charge is -1.85. The quantitative estimate of drug-likeness (QED) is 0.523. The summed E-state index contributed by atoms with van der Waals surface area (Å²) in [6, 6.07) is 0. The van der Waals surface area contributed by atoms with E-state index in [9.17, 15) is 8.42 Å². The van der Waals surface area contributed by atoms with Gasteiger partial charge in [0, 0.05) is 17.8 Å². The maximum Gasteiger partial charge on any atom is 0.194 e. The van der Waals surface area contributed by atoms with Crippen molar-refractivity contribution in [3.63, 3.8) is 0 Å². The molecule has 0 saturated carbocycles. The minimum Gasteiger partial charge on any atom is -0.264 e. The second-order valence-electron chi connectivity index (χ2n) is 2.01. The smallest absolute Gasteiger partial charge is 0.194 e. The molecular weight excluding hydrogens is 150 g/mol. The Bertz CT molecular complexity index is 309. The lowest BCUT2D eigenvalue weighted by Crippen LogP contribution is -1.88. The van der Waals surface area contributed by atoms with Crippen molar-refractivity contribution in [2.45, 2.75) is 6.92 Å². The Morgan fingerprint density at radius 1 is 1.50 bits per heavy atom. The van der Waals surface area contributed by atoms with Crippen molar-refractivity contribution in [2.24, 2.45) is 4.99 Å². The van der Waals surface area contributed by atoms with Crippen LogP contribution in [0.1, 0.15) is 6.92 Å². The van der Waals surface area contributed by atoms with Crippen LogP contribution in [0.5, 0.6) is 0 Å². The number of nitrogens with zero attached hydrogens (tertiary/aromatic N) is 1. The molecule has 0 fully saturated rings. The molecule has 0 amide bonds. The summed E-state index contributed by atoms with van der Waals surface area (Å²) in [6.07, 6.45) is 2.77. The lowest BCUT2D eigenvalue weighted by atomic mass is 10.4. The summed E-state index contributed by atoms with van der Waals surface area (Å²) in [5.74, 6) is 0. The fraction of sp³-hybridized carbons (Fsp3) is 0.167. The van der Waals surface area contributed by atoms with Gasteiger partial charge in [0.25, 0.3) is 0 Å². The van der Waals surface area contributed by atoms with E-state index < -0.39 is 9.84 Å². The van der Waals surface area contributed by atoms with E-state index in [0.29, 0.717) is 5.57 Å². The Balaban J connectivity index is 3.18. The highest BCUT2D eigenvalue weighted by Crippen LogP contribution is 2.03. The number of allylic oxidation sites excluding steroid dienone is 1. The summed E-state index contributed by atoms with van der Waals surface area (Å²) in [6.45, 7) is 1.69. The molecule has 0 aromatic rings. The van der Waals surface area contributed by atoms with E-state index in [2.05, 4.69) is 4.99 Å². The molecule has 0 aromatic carbocycles. The summed E-state index contributed by atoms with van der Waals surface area (Å²) in [5.41, 5.74) is 0.644. The van der Waals surface area contributed by atoms with Crippen molar-refractivity contribution in [1.29, 1.82) is 0 Å². The van der Waals surface area contributed by atoms with Crippen LogP contribution < -0.4 is 0 Å². The third kappa shape index (κ3) is 1.80. The predicted molar refractivity (Wildman–Crippen MR) is 40.3 cm³/mol. The minimum absolute atomic E-state index is 0.644. The van der Waals surface area contributed by atoms with E-state index in [0.717, 1.165) is 5.41 Å². The number of aliphatic imine (C=N–C) groups is 1. The van der Waals surface area contributed by atoms with E-state index in [1.807, 2.05) is 0 Å². The van der Waals surface area contributed by atoms with Crippen LogP contribution in [0.4, 0.5) is 0 Å². The van der Waals surface area contributed by atoms with Crippen molar-refractivity contribution < 1.29 is 8.42 Å². The molecule has 0 radical (unpaired) electrons. The largest absolute Gasteiger partial charge is 0.264 e. The third-order valence-corrected chi connectivity index (χ3v) is 2.17. The van der Waals surface area contributed by atoms with Gasteiger partial charge in [-0.2, -0.15) is 0 Å². The van der Waals surface area contributed by atoms with E-state index in [1.54, 1.807) is 6.92 Å². The molecule has 0 unspecified atom stereocenters. The van der Waals surface area contributed by atoms with E-state index in [-0.39, 0.29) is 0 Å². The Hall–Kier alpha value is -0.900. The molecule has 1 aliphatic heterocycles.